The normalized spacial score (nSPS) is 11.1. The van der Waals surface area contributed by atoms with Crippen molar-refractivity contribution in [3.63, 3.8) is 0 Å². The molecule has 0 fully saturated rings. The number of hydrogen-bond acceptors (Lipinski definition) is 2. The van der Waals surface area contributed by atoms with Crippen LogP contribution in [0.3, 0.4) is 0 Å². The standard InChI is InChI=1S/C18H26N2/c1-2-3-4-5-6-7-8-14-9-10-15-11-12-17(19)18(20)16(15)13-14/h9-13H,2-8,19-20H2,1H3. The summed E-state index contributed by atoms with van der Waals surface area (Å²) in [4.78, 5) is 0. The highest BCUT2D eigenvalue weighted by molar-refractivity contribution is 5.98. The van der Waals surface area contributed by atoms with E-state index in [4.69, 9.17) is 11.5 Å². The molecular weight excluding hydrogens is 244 g/mol. The number of benzene rings is 2. The lowest BCUT2D eigenvalue weighted by Crippen LogP contribution is -1.96. The number of anilines is 2. The second-order valence-electron chi connectivity index (χ2n) is 5.64. The van der Waals surface area contributed by atoms with Crippen LogP contribution in [-0.2, 0) is 6.42 Å². The highest BCUT2D eigenvalue weighted by Crippen LogP contribution is 2.28. The molecule has 0 atom stereocenters. The molecule has 2 heteroatoms. The van der Waals surface area contributed by atoms with E-state index in [1.54, 1.807) is 0 Å². The average Bonchev–Trinajstić information content (AvgIpc) is 2.47. The molecule has 0 saturated carbocycles. The van der Waals surface area contributed by atoms with Gasteiger partial charge in [-0.1, -0.05) is 57.2 Å². The molecule has 2 rings (SSSR count). The second kappa shape index (κ2) is 7.18. The fourth-order valence-electron chi connectivity index (χ4n) is 2.67. The van der Waals surface area contributed by atoms with E-state index in [0.29, 0.717) is 11.4 Å². The summed E-state index contributed by atoms with van der Waals surface area (Å²) in [5.74, 6) is 0. The molecule has 0 saturated heterocycles. The number of fused-ring (bicyclic) bond motifs is 1. The fraction of sp³-hybridized carbons (Fsp3) is 0.444. The minimum absolute atomic E-state index is 0.675. The van der Waals surface area contributed by atoms with E-state index < -0.39 is 0 Å². The molecule has 4 N–H and O–H groups in total. The summed E-state index contributed by atoms with van der Waals surface area (Å²) in [6, 6.07) is 10.5. The second-order valence-corrected chi connectivity index (χ2v) is 5.64. The molecule has 2 nitrogen and oxygen atoms in total. The molecule has 2 aromatic carbocycles. The Hall–Kier alpha value is -1.70. The Morgan fingerprint density at radius 3 is 2.35 bits per heavy atom. The van der Waals surface area contributed by atoms with Gasteiger partial charge in [0.2, 0.25) is 0 Å². The topological polar surface area (TPSA) is 52.0 Å². The Kier molecular flexibility index (Phi) is 5.28. The third-order valence-corrected chi connectivity index (χ3v) is 3.98. The van der Waals surface area contributed by atoms with Gasteiger partial charge in [-0.15, -0.1) is 0 Å². The van der Waals surface area contributed by atoms with Gasteiger partial charge in [-0.3, -0.25) is 0 Å². The predicted octanol–water partition coefficient (Wildman–Crippen LogP) is 4.91. The van der Waals surface area contributed by atoms with Gasteiger partial charge in [0.1, 0.15) is 0 Å². The Morgan fingerprint density at radius 2 is 1.55 bits per heavy atom. The molecule has 0 unspecified atom stereocenters. The summed E-state index contributed by atoms with van der Waals surface area (Å²) in [5, 5.41) is 2.26. The molecular formula is C18H26N2. The zero-order valence-corrected chi connectivity index (χ0v) is 12.5. The predicted molar refractivity (Wildman–Crippen MR) is 89.9 cm³/mol. The summed E-state index contributed by atoms with van der Waals surface area (Å²) in [6.07, 6.45) is 9.13. The molecule has 2 aromatic rings. The van der Waals surface area contributed by atoms with E-state index in [1.165, 1.54) is 49.5 Å². The van der Waals surface area contributed by atoms with Gasteiger partial charge in [0.25, 0.3) is 0 Å². The largest absolute Gasteiger partial charge is 0.397 e. The van der Waals surface area contributed by atoms with Crippen molar-refractivity contribution in [3.8, 4) is 0 Å². The zero-order valence-electron chi connectivity index (χ0n) is 12.5. The van der Waals surface area contributed by atoms with E-state index in [9.17, 15) is 0 Å². The maximum atomic E-state index is 6.07. The van der Waals surface area contributed by atoms with E-state index in [0.717, 1.165) is 11.8 Å². The van der Waals surface area contributed by atoms with Crippen molar-refractivity contribution in [2.45, 2.75) is 51.9 Å². The Morgan fingerprint density at radius 1 is 0.850 bits per heavy atom. The molecule has 108 valence electrons. The van der Waals surface area contributed by atoms with Crippen LogP contribution in [0.1, 0.15) is 51.0 Å². The smallest absolute Gasteiger partial charge is 0.0627 e. The number of aryl methyl sites for hydroxylation is 1. The van der Waals surface area contributed by atoms with Gasteiger partial charge in [0, 0.05) is 5.39 Å². The third-order valence-electron chi connectivity index (χ3n) is 3.98. The summed E-state index contributed by atoms with van der Waals surface area (Å²) < 4.78 is 0. The van der Waals surface area contributed by atoms with Gasteiger partial charge >= 0.3 is 0 Å². The molecule has 0 aromatic heterocycles. The molecule has 0 heterocycles. The zero-order chi connectivity index (χ0) is 14.4. The lowest BCUT2D eigenvalue weighted by Gasteiger charge is -2.08. The molecule has 0 radical (unpaired) electrons. The van der Waals surface area contributed by atoms with Crippen LogP contribution in [0, 0.1) is 0 Å². The highest BCUT2D eigenvalue weighted by atomic mass is 14.7. The van der Waals surface area contributed by atoms with Gasteiger partial charge < -0.3 is 11.5 Å². The van der Waals surface area contributed by atoms with Gasteiger partial charge in [-0.25, -0.2) is 0 Å². The number of rotatable bonds is 7. The number of nitrogens with two attached hydrogens (primary N) is 2. The first-order chi connectivity index (χ1) is 9.72. The molecule has 0 aliphatic heterocycles. The Labute approximate surface area is 122 Å². The van der Waals surface area contributed by atoms with Crippen molar-refractivity contribution in [2.75, 3.05) is 11.5 Å². The van der Waals surface area contributed by atoms with Crippen molar-refractivity contribution in [2.24, 2.45) is 0 Å². The van der Waals surface area contributed by atoms with Crippen molar-refractivity contribution >= 4 is 22.1 Å². The van der Waals surface area contributed by atoms with Crippen LogP contribution in [0.15, 0.2) is 30.3 Å². The minimum Gasteiger partial charge on any atom is -0.397 e. The summed E-state index contributed by atoms with van der Waals surface area (Å²) in [7, 11) is 0. The fourth-order valence-corrected chi connectivity index (χ4v) is 2.67. The summed E-state index contributed by atoms with van der Waals surface area (Å²) in [6.45, 7) is 2.26. The lowest BCUT2D eigenvalue weighted by atomic mass is 10.0. The first-order valence-electron chi connectivity index (χ1n) is 7.79. The van der Waals surface area contributed by atoms with Crippen molar-refractivity contribution in [1.29, 1.82) is 0 Å². The van der Waals surface area contributed by atoms with E-state index in [2.05, 4.69) is 25.1 Å². The monoisotopic (exact) mass is 270 g/mol. The number of hydrogen-bond donors (Lipinski definition) is 2. The van der Waals surface area contributed by atoms with Crippen LogP contribution in [-0.4, -0.2) is 0 Å². The van der Waals surface area contributed by atoms with Crippen molar-refractivity contribution in [3.05, 3.63) is 35.9 Å². The first-order valence-corrected chi connectivity index (χ1v) is 7.79. The molecule has 0 spiro atoms. The van der Waals surface area contributed by atoms with Crippen LogP contribution in [0.4, 0.5) is 11.4 Å². The molecule has 0 aliphatic carbocycles. The molecule has 20 heavy (non-hydrogen) atoms. The molecule has 0 aliphatic rings. The Balaban J connectivity index is 1.96. The minimum atomic E-state index is 0.675. The highest BCUT2D eigenvalue weighted by Gasteiger charge is 2.03. The lowest BCUT2D eigenvalue weighted by molar-refractivity contribution is 0.607. The van der Waals surface area contributed by atoms with E-state index in [1.807, 2.05) is 12.1 Å². The molecule has 0 amide bonds. The van der Waals surface area contributed by atoms with Crippen LogP contribution >= 0.6 is 0 Å². The van der Waals surface area contributed by atoms with Crippen molar-refractivity contribution in [1.82, 2.24) is 0 Å². The quantitative estimate of drug-likeness (QED) is 0.555. The number of nitrogen functional groups attached to an aromatic ring is 2. The maximum absolute atomic E-state index is 6.07. The Bertz CT molecular complexity index is 561. The van der Waals surface area contributed by atoms with Gasteiger partial charge in [-0.05, 0) is 35.9 Å². The third kappa shape index (κ3) is 3.66. The van der Waals surface area contributed by atoms with Gasteiger partial charge in [-0.2, -0.15) is 0 Å². The summed E-state index contributed by atoms with van der Waals surface area (Å²) >= 11 is 0. The first kappa shape index (κ1) is 14.7. The van der Waals surface area contributed by atoms with Crippen LogP contribution in [0.2, 0.25) is 0 Å². The van der Waals surface area contributed by atoms with Crippen LogP contribution in [0.25, 0.3) is 10.8 Å². The average molecular weight is 270 g/mol. The van der Waals surface area contributed by atoms with Gasteiger partial charge in [0.05, 0.1) is 11.4 Å². The van der Waals surface area contributed by atoms with E-state index in [-0.39, 0.29) is 0 Å². The van der Waals surface area contributed by atoms with Crippen LogP contribution < -0.4 is 11.5 Å². The van der Waals surface area contributed by atoms with Gasteiger partial charge in [0.15, 0.2) is 0 Å². The maximum Gasteiger partial charge on any atom is 0.0627 e. The summed E-state index contributed by atoms with van der Waals surface area (Å²) in [5.41, 5.74) is 14.7. The van der Waals surface area contributed by atoms with Crippen LogP contribution in [0.5, 0.6) is 0 Å². The number of unbranched alkanes of at least 4 members (excludes halogenated alkanes) is 5. The SMILES string of the molecule is CCCCCCCCc1ccc2ccc(N)c(N)c2c1. The van der Waals surface area contributed by atoms with E-state index >= 15 is 0 Å². The van der Waals surface area contributed by atoms with Crippen molar-refractivity contribution < 1.29 is 0 Å². The molecule has 0 bridgehead atoms.